The van der Waals surface area contributed by atoms with Crippen LogP contribution in [0.3, 0.4) is 0 Å². The van der Waals surface area contributed by atoms with Crippen LogP contribution < -0.4 is 10.1 Å². The van der Waals surface area contributed by atoms with Crippen molar-refractivity contribution in [1.29, 1.82) is 0 Å². The minimum Gasteiger partial charge on any atom is -0.473 e. The molecule has 16 heavy (non-hydrogen) atoms. The van der Waals surface area contributed by atoms with Crippen LogP contribution in [0.1, 0.15) is 24.6 Å². The predicted octanol–water partition coefficient (Wildman–Crippen LogP) is 2.32. The van der Waals surface area contributed by atoms with E-state index in [0.29, 0.717) is 12.5 Å². The summed E-state index contributed by atoms with van der Waals surface area (Å²) in [7, 11) is 1.93. The molecule has 3 heteroatoms. The topological polar surface area (TPSA) is 34.1 Å². The Morgan fingerprint density at radius 1 is 1.50 bits per heavy atom. The van der Waals surface area contributed by atoms with Crippen LogP contribution in [0.5, 0.6) is 5.88 Å². The summed E-state index contributed by atoms with van der Waals surface area (Å²) in [5.74, 6) is 0.691. The van der Waals surface area contributed by atoms with Gasteiger partial charge < -0.3 is 10.1 Å². The van der Waals surface area contributed by atoms with Crippen LogP contribution in [-0.2, 0) is 13.0 Å². The maximum atomic E-state index is 5.47. The summed E-state index contributed by atoms with van der Waals surface area (Å²) >= 11 is 0. The van der Waals surface area contributed by atoms with Gasteiger partial charge in [-0.05, 0) is 25.1 Å². The third-order valence-corrected chi connectivity index (χ3v) is 2.15. The van der Waals surface area contributed by atoms with E-state index in [1.165, 1.54) is 5.56 Å². The molecule has 1 aromatic heterocycles. The third kappa shape index (κ3) is 4.03. The lowest BCUT2D eigenvalue weighted by Crippen LogP contribution is -2.07. The van der Waals surface area contributed by atoms with Crippen LogP contribution in [0, 0.1) is 0 Å². The molecule has 0 aliphatic rings. The zero-order valence-corrected chi connectivity index (χ0v) is 10.1. The highest BCUT2D eigenvalue weighted by Gasteiger charge is 2.02. The van der Waals surface area contributed by atoms with Crippen molar-refractivity contribution in [3.8, 4) is 5.88 Å². The van der Waals surface area contributed by atoms with Gasteiger partial charge in [0.15, 0.2) is 0 Å². The molecule has 0 bridgehead atoms. The first-order valence-corrected chi connectivity index (χ1v) is 5.68. The van der Waals surface area contributed by atoms with E-state index in [1.54, 1.807) is 6.08 Å². The Balaban J connectivity index is 2.84. The highest BCUT2D eigenvalue weighted by Crippen LogP contribution is 2.14. The van der Waals surface area contributed by atoms with E-state index in [9.17, 15) is 0 Å². The highest BCUT2D eigenvalue weighted by molar-refractivity contribution is 5.25. The van der Waals surface area contributed by atoms with E-state index in [0.717, 1.165) is 25.1 Å². The van der Waals surface area contributed by atoms with Crippen molar-refractivity contribution in [3.05, 3.63) is 36.0 Å². The van der Waals surface area contributed by atoms with Crippen molar-refractivity contribution in [1.82, 2.24) is 10.3 Å². The zero-order chi connectivity index (χ0) is 11.8. The molecule has 0 fully saturated rings. The zero-order valence-electron chi connectivity index (χ0n) is 10.1. The minimum absolute atomic E-state index is 0.502. The molecule has 0 aliphatic heterocycles. The molecule has 1 rings (SSSR count). The normalized spacial score (nSPS) is 10.1. The average molecular weight is 220 g/mol. The van der Waals surface area contributed by atoms with Gasteiger partial charge in [-0.15, -0.1) is 0 Å². The number of aryl methyl sites for hydroxylation is 1. The Bertz CT molecular complexity index is 312. The second-order valence-corrected chi connectivity index (χ2v) is 3.68. The first-order valence-electron chi connectivity index (χ1n) is 5.68. The smallest absolute Gasteiger partial charge is 0.214 e. The van der Waals surface area contributed by atoms with Crippen molar-refractivity contribution >= 4 is 0 Å². The van der Waals surface area contributed by atoms with E-state index in [4.69, 9.17) is 4.74 Å². The molecular weight excluding hydrogens is 200 g/mol. The standard InChI is InChI=1S/C13H20N2O/c1-4-6-12-8-11(10-14-3)9-13(15-12)16-7-5-2/h5,8-9,14H,2,4,6-7,10H2,1,3H3. The Labute approximate surface area is 97.5 Å². The largest absolute Gasteiger partial charge is 0.473 e. The van der Waals surface area contributed by atoms with Crippen molar-refractivity contribution < 1.29 is 4.74 Å². The molecule has 1 N–H and O–H groups in total. The SMILES string of the molecule is C=CCOc1cc(CNC)cc(CCC)n1. The van der Waals surface area contributed by atoms with Gasteiger partial charge in [-0.2, -0.15) is 0 Å². The summed E-state index contributed by atoms with van der Waals surface area (Å²) in [6.45, 7) is 7.12. The van der Waals surface area contributed by atoms with Crippen LogP contribution in [0.25, 0.3) is 0 Å². The summed E-state index contributed by atoms with van der Waals surface area (Å²) in [4.78, 5) is 4.45. The monoisotopic (exact) mass is 220 g/mol. The number of nitrogens with one attached hydrogen (secondary N) is 1. The van der Waals surface area contributed by atoms with Gasteiger partial charge in [0.1, 0.15) is 6.61 Å². The number of rotatable bonds is 7. The second-order valence-electron chi connectivity index (χ2n) is 3.68. The Kier molecular flexibility index (Phi) is 5.57. The van der Waals surface area contributed by atoms with E-state index < -0.39 is 0 Å². The van der Waals surface area contributed by atoms with Gasteiger partial charge in [0, 0.05) is 18.3 Å². The van der Waals surface area contributed by atoms with Gasteiger partial charge >= 0.3 is 0 Å². The fourth-order valence-corrected chi connectivity index (χ4v) is 1.53. The van der Waals surface area contributed by atoms with Crippen molar-refractivity contribution in [2.45, 2.75) is 26.3 Å². The molecule has 0 aromatic carbocycles. The van der Waals surface area contributed by atoms with Crippen molar-refractivity contribution in [2.24, 2.45) is 0 Å². The highest BCUT2D eigenvalue weighted by atomic mass is 16.5. The maximum Gasteiger partial charge on any atom is 0.214 e. The Hall–Kier alpha value is -1.35. The lowest BCUT2D eigenvalue weighted by molar-refractivity contribution is 0.347. The van der Waals surface area contributed by atoms with Gasteiger partial charge in [0.2, 0.25) is 5.88 Å². The maximum absolute atomic E-state index is 5.47. The molecule has 1 aromatic rings. The number of hydrogen-bond donors (Lipinski definition) is 1. The van der Waals surface area contributed by atoms with Crippen molar-refractivity contribution in [3.63, 3.8) is 0 Å². The van der Waals surface area contributed by atoms with E-state index >= 15 is 0 Å². The van der Waals surface area contributed by atoms with Gasteiger partial charge in [-0.3, -0.25) is 0 Å². The number of ether oxygens (including phenoxy) is 1. The van der Waals surface area contributed by atoms with E-state index in [-0.39, 0.29) is 0 Å². The number of hydrogen-bond acceptors (Lipinski definition) is 3. The fourth-order valence-electron chi connectivity index (χ4n) is 1.53. The van der Waals surface area contributed by atoms with Crippen LogP contribution in [-0.4, -0.2) is 18.6 Å². The lowest BCUT2D eigenvalue weighted by atomic mass is 10.1. The molecule has 0 saturated heterocycles. The molecule has 1 heterocycles. The molecule has 0 unspecified atom stereocenters. The average Bonchev–Trinajstić information content (AvgIpc) is 2.27. The number of aromatic nitrogens is 1. The second kappa shape index (κ2) is 7.01. The summed E-state index contributed by atoms with van der Waals surface area (Å²) in [5.41, 5.74) is 2.30. The summed E-state index contributed by atoms with van der Waals surface area (Å²) < 4.78 is 5.47. The van der Waals surface area contributed by atoms with Crippen molar-refractivity contribution in [2.75, 3.05) is 13.7 Å². The number of pyridine rings is 1. The molecule has 0 atom stereocenters. The number of nitrogens with zero attached hydrogens (tertiary/aromatic N) is 1. The Morgan fingerprint density at radius 3 is 2.94 bits per heavy atom. The third-order valence-electron chi connectivity index (χ3n) is 2.15. The summed E-state index contributed by atoms with van der Waals surface area (Å²) in [6.07, 6.45) is 3.81. The van der Waals surface area contributed by atoms with E-state index in [1.807, 2.05) is 13.1 Å². The van der Waals surface area contributed by atoms with Crippen LogP contribution in [0.4, 0.5) is 0 Å². The van der Waals surface area contributed by atoms with Gasteiger partial charge in [-0.1, -0.05) is 26.0 Å². The quantitative estimate of drug-likeness (QED) is 0.716. The molecule has 0 saturated carbocycles. The van der Waals surface area contributed by atoms with Gasteiger partial charge in [0.05, 0.1) is 0 Å². The first kappa shape index (κ1) is 12.7. The van der Waals surface area contributed by atoms with Gasteiger partial charge in [-0.25, -0.2) is 4.98 Å². The first-order chi connectivity index (χ1) is 7.80. The van der Waals surface area contributed by atoms with Crippen LogP contribution >= 0.6 is 0 Å². The Morgan fingerprint density at radius 2 is 2.31 bits per heavy atom. The van der Waals surface area contributed by atoms with Crippen LogP contribution in [0.2, 0.25) is 0 Å². The molecule has 0 amide bonds. The minimum atomic E-state index is 0.502. The predicted molar refractivity (Wildman–Crippen MR) is 66.7 cm³/mol. The lowest BCUT2D eigenvalue weighted by Gasteiger charge is -2.08. The fraction of sp³-hybridized carbons (Fsp3) is 0.462. The summed E-state index contributed by atoms with van der Waals surface area (Å²) in [5, 5.41) is 3.13. The van der Waals surface area contributed by atoms with Gasteiger partial charge in [0.25, 0.3) is 0 Å². The molecule has 0 spiro atoms. The van der Waals surface area contributed by atoms with E-state index in [2.05, 4.69) is 29.9 Å². The van der Waals surface area contributed by atoms with Crippen LogP contribution in [0.15, 0.2) is 24.8 Å². The molecule has 3 nitrogen and oxygen atoms in total. The molecule has 88 valence electrons. The molecular formula is C13H20N2O. The molecule has 0 radical (unpaired) electrons. The molecule has 0 aliphatic carbocycles. The summed E-state index contributed by atoms with van der Waals surface area (Å²) in [6, 6.07) is 4.10.